The molecule has 1 fully saturated rings. The third kappa shape index (κ3) is 4.08. The molecule has 2 N–H and O–H groups in total. The van der Waals surface area contributed by atoms with Gasteiger partial charge in [-0.15, -0.1) is 12.4 Å². The Morgan fingerprint density at radius 3 is 2.91 bits per heavy atom. The number of amides is 1. The van der Waals surface area contributed by atoms with E-state index < -0.39 is 0 Å². The zero-order valence-electron chi connectivity index (χ0n) is 12.4. The first kappa shape index (κ1) is 16.5. The van der Waals surface area contributed by atoms with Crippen LogP contribution in [0.3, 0.4) is 0 Å². The Labute approximate surface area is 136 Å². The van der Waals surface area contributed by atoms with Crippen LogP contribution in [-0.2, 0) is 11.3 Å². The Kier molecular flexibility index (Phi) is 5.98. The fourth-order valence-corrected chi connectivity index (χ4v) is 2.58. The van der Waals surface area contributed by atoms with E-state index in [0.717, 1.165) is 37.2 Å². The zero-order chi connectivity index (χ0) is 14.5. The molecule has 1 aliphatic rings. The lowest BCUT2D eigenvalue weighted by atomic mass is 9.99. The van der Waals surface area contributed by atoms with Gasteiger partial charge in [0.15, 0.2) is 0 Å². The highest BCUT2D eigenvalue weighted by molar-refractivity contribution is 5.85. The SMILES string of the molecule is Cl.O=C(NCc1cnn(-c2ccccc2)c1)[C@@H]1CCCNC1. The molecule has 22 heavy (non-hydrogen) atoms. The fraction of sp³-hybridized carbons (Fsp3) is 0.375. The number of para-hydroxylation sites is 1. The second-order valence-electron chi connectivity index (χ2n) is 5.39. The molecule has 6 heteroatoms. The van der Waals surface area contributed by atoms with Crippen LogP contribution >= 0.6 is 12.4 Å². The molecule has 118 valence electrons. The molecule has 1 aliphatic heterocycles. The van der Waals surface area contributed by atoms with Crippen molar-refractivity contribution in [2.24, 2.45) is 5.92 Å². The first-order valence-electron chi connectivity index (χ1n) is 7.40. The van der Waals surface area contributed by atoms with E-state index in [9.17, 15) is 4.79 Å². The Morgan fingerprint density at radius 2 is 2.18 bits per heavy atom. The average Bonchev–Trinajstić information content (AvgIpc) is 3.03. The van der Waals surface area contributed by atoms with E-state index in [2.05, 4.69) is 15.7 Å². The lowest BCUT2D eigenvalue weighted by Gasteiger charge is -2.21. The van der Waals surface area contributed by atoms with E-state index in [1.165, 1.54) is 0 Å². The number of halogens is 1. The number of rotatable bonds is 4. The van der Waals surface area contributed by atoms with Gasteiger partial charge in [0.05, 0.1) is 17.8 Å². The summed E-state index contributed by atoms with van der Waals surface area (Å²) in [4.78, 5) is 12.1. The number of aromatic nitrogens is 2. The molecule has 5 nitrogen and oxygen atoms in total. The first-order valence-corrected chi connectivity index (χ1v) is 7.40. The van der Waals surface area contributed by atoms with Crippen molar-refractivity contribution in [3.8, 4) is 5.69 Å². The third-order valence-corrected chi connectivity index (χ3v) is 3.79. The van der Waals surface area contributed by atoms with Crippen LogP contribution in [0.2, 0.25) is 0 Å². The quantitative estimate of drug-likeness (QED) is 0.904. The summed E-state index contributed by atoms with van der Waals surface area (Å²) in [6.07, 6.45) is 5.80. The number of nitrogens with one attached hydrogen (secondary N) is 2. The number of hydrogen-bond acceptors (Lipinski definition) is 3. The zero-order valence-corrected chi connectivity index (χ0v) is 13.2. The smallest absolute Gasteiger partial charge is 0.224 e. The molecule has 1 aromatic heterocycles. The van der Waals surface area contributed by atoms with Gasteiger partial charge in [-0.3, -0.25) is 4.79 Å². The van der Waals surface area contributed by atoms with Crippen molar-refractivity contribution in [3.63, 3.8) is 0 Å². The molecule has 0 bridgehead atoms. The predicted octanol–water partition coefficient (Wildman–Crippen LogP) is 1.91. The molecule has 0 aliphatic carbocycles. The predicted molar refractivity (Wildman–Crippen MR) is 88.3 cm³/mol. The maximum absolute atomic E-state index is 12.1. The lowest BCUT2D eigenvalue weighted by Crippen LogP contribution is -2.40. The molecule has 1 saturated heterocycles. The third-order valence-electron chi connectivity index (χ3n) is 3.79. The Hall–Kier alpha value is -1.85. The van der Waals surface area contributed by atoms with Crippen LogP contribution in [0.1, 0.15) is 18.4 Å². The number of carbonyl (C=O) groups excluding carboxylic acids is 1. The van der Waals surface area contributed by atoms with Gasteiger partial charge < -0.3 is 10.6 Å². The second kappa shape index (κ2) is 7.96. The van der Waals surface area contributed by atoms with E-state index in [1.54, 1.807) is 6.20 Å². The van der Waals surface area contributed by atoms with Gasteiger partial charge in [0, 0.05) is 24.8 Å². The van der Waals surface area contributed by atoms with Crippen LogP contribution in [-0.4, -0.2) is 28.8 Å². The highest BCUT2D eigenvalue weighted by Gasteiger charge is 2.20. The van der Waals surface area contributed by atoms with E-state index >= 15 is 0 Å². The van der Waals surface area contributed by atoms with E-state index in [0.29, 0.717) is 6.54 Å². The second-order valence-corrected chi connectivity index (χ2v) is 5.39. The highest BCUT2D eigenvalue weighted by atomic mass is 35.5. The number of benzene rings is 1. The average molecular weight is 321 g/mol. The summed E-state index contributed by atoms with van der Waals surface area (Å²) in [6.45, 7) is 2.34. The molecule has 2 heterocycles. The normalized spacial score (nSPS) is 17.5. The molecule has 0 radical (unpaired) electrons. The fourth-order valence-electron chi connectivity index (χ4n) is 2.58. The van der Waals surface area contributed by atoms with Crippen molar-refractivity contribution in [1.82, 2.24) is 20.4 Å². The molecule has 1 amide bonds. The number of piperidine rings is 1. The lowest BCUT2D eigenvalue weighted by molar-refractivity contribution is -0.125. The van der Waals surface area contributed by atoms with Crippen molar-refractivity contribution in [2.75, 3.05) is 13.1 Å². The van der Waals surface area contributed by atoms with Crippen LogP contribution in [0.15, 0.2) is 42.7 Å². The molecule has 2 aromatic rings. The molecule has 1 atom stereocenters. The summed E-state index contributed by atoms with van der Waals surface area (Å²) in [6, 6.07) is 9.95. The Morgan fingerprint density at radius 1 is 1.36 bits per heavy atom. The molecule has 0 spiro atoms. The van der Waals surface area contributed by atoms with Crippen LogP contribution in [0.4, 0.5) is 0 Å². The molecule has 0 saturated carbocycles. The summed E-state index contributed by atoms with van der Waals surface area (Å²) < 4.78 is 1.82. The van der Waals surface area contributed by atoms with Gasteiger partial charge in [-0.1, -0.05) is 18.2 Å². The van der Waals surface area contributed by atoms with E-state index in [-0.39, 0.29) is 24.2 Å². The van der Waals surface area contributed by atoms with Crippen molar-refractivity contribution in [1.29, 1.82) is 0 Å². The summed E-state index contributed by atoms with van der Waals surface area (Å²) in [5.74, 6) is 0.234. The highest BCUT2D eigenvalue weighted by Crippen LogP contribution is 2.11. The minimum atomic E-state index is 0. The van der Waals surface area contributed by atoms with Crippen molar-refractivity contribution < 1.29 is 4.79 Å². The van der Waals surface area contributed by atoms with Crippen molar-refractivity contribution >= 4 is 18.3 Å². The van der Waals surface area contributed by atoms with Crippen LogP contribution < -0.4 is 10.6 Å². The summed E-state index contributed by atoms with van der Waals surface area (Å²) in [7, 11) is 0. The minimum Gasteiger partial charge on any atom is -0.352 e. The standard InChI is InChI=1S/C16H20N4O.ClH/c21-16(14-5-4-8-17-11-14)18-9-13-10-19-20(12-13)15-6-2-1-3-7-15;/h1-3,6-7,10,12,14,17H,4-5,8-9,11H2,(H,18,21);1H/t14-;/m1./s1. The molecule has 1 aromatic carbocycles. The Balaban J connectivity index is 0.00000176. The maximum atomic E-state index is 12.1. The summed E-state index contributed by atoms with van der Waals surface area (Å²) in [5.41, 5.74) is 2.03. The largest absolute Gasteiger partial charge is 0.352 e. The van der Waals surface area contributed by atoms with Crippen LogP contribution in [0, 0.1) is 5.92 Å². The van der Waals surface area contributed by atoms with Crippen LogP contribution in [0.5, 0.6) is 0 Å². The van der Waals surface area contributed by atoms with Gasteiger partial charge >= 0.3 is 0 Å². The van der Waals surface area contributed by atoms with E-state index in [1.807, 2.05) is 41.2 Å². The van der Waals surface area contributed by atoms with Gasteiger partial charge in [0.1, 0.15) is 0 Å². The topological polar surface area (TPSA) is 59.0 Å². The van der Waals surface area contributed by atoms with Crippen molar-refractivity contribution in [2.45, 2.75) is 19.4 Å². The van der Waals surface area contributed by atoms with Gasteiger partial charge in [0.2, 0.25) is 5.91 Å². The number of nitrogens with zero attached hydrogens (tertiary/aromatic N) is 2. The van der Waals surface area contributed by atoms with Gasteiger partial charge in [-0.05, 0) is 31.5 Å². The van der Waals surface area contributed by atoms with Crippen molar-refractivity contribution in [3.05, 3.63) is 48.3 Å². The summed E-state index contributed by atoms with van der Waals surface area (Å²) in [5, 5.41) is 10.6. The number of hydrogen-bond donors (Lipinski definition) is 2. The molecular weight excluding hydrogens is 300 g/mol. The molecule has 3 rings (SSSR count). The first-order chi connectivity index (χ1) is 10.3. The maximum Gasteiger partial charge on any atom is 0.224 e. The minimum absolute atomic E-state index is 0. The van der Waals surface area contributed by atoms with Gasteiger partial charge in [0.25, 0.3) is 0 Å². The number of carbonyl (C=O) groups is 1. The monoisotopic (exact) mass is 320 g/mol. The van der Waals surface area contributed by atoms with E-state index in [4.69, 9.17) is 0 Å². The van der Waals surface area contributed by atoms with Crippen LogP contribution in [0.25, 0.3) is 5.69 Å². The molecule has 0 unspecified atom stereocenters. The van der Waals surface area contributed by atoms with Gasteiger partial charge in [-0.25, -0.2) is 4.68 Å². The Bertz CT molecular complexity index is 593. The molecular formula is C16H21ClN4O. The van der Waals surface area contributed by atoms with Gasteiger partial charge in [-0.2, -0.15) is 5.10 Å². The summed E-state index contributed by atoms with van der Waals surface area (Å²) >= 11 is 0.